The second-order valence-corrected chi connectivity index (χ2v) is 8.96. The van der Waals surface area contributed by atoms with E-state index >= 15 is 0 Å². The van der Waals surface area contributed by atoms with E-state index in [2.05, 4.69) is 12.2 Å². The van der Waals surface area contributed by atoms with Gasteiger partial charge in [0.25, 0.3) is 17.7 Å². The monoisotopic (exact) mass is 495 g/mol. The average Bonchev–Trinajstić information content (AvgIpc) is 3.07. The molecular formula is C26H26ClN3O5. The molecule has 0 bridgehead atoms. The van der Waals surface area contributed by atoms with Crippen molar-refractivity contribution in [1.82, 2.24) is 4.90 Å². The maximum atomic E-state index is 13.1. The van der Waals surface area contributed by atoms with Crippen LogP contribution in [0.2, 0.25) is 0 Å². The highest BCUT2D eigenvalue weighted by Crippen LogP contribution is 2.31. The van der Waals surface area contributed by atoms with Gasteiger partial charge in [-0.25, -0.2) is 9.69 Å². The molecule has 3 amide bonds. The third-order valence-corrected chi connectivity index (χ3v) is 6.47. The number of hydrogen-bond acceptors (Lipinski definition) is 6. The number of amides is 3. The van der Waals surface area contributed by atoms with Gasteiger partial charge in [0, 0.05) is 24.3 Å². The third-order valence-electron chi connectivity index (χ3n) is 6.11. The molecule has 0 radical (unpaired) electrons. The fourth-order valence-corrected chi connectivity index (χ4v) is 4.28. The first-order chi connectivity index (χ1) is 16.8. The van der Waals surface area contributed by atoms with Gasteiger partial charge in [-0.15, -0.1) is 0 Å². The summed E-state index contributed by atoms with van der Waals surface area (Å²) in [7, 11) is 0. The van der Waals surface area contributed by atoms with Crippen molar-refractivity contribution >= 4 is 46.7 Å². The van der Waals surface area contributed by atoms with Crippen LogP contribution >= 0.6 is 11.6 Å². The summed E-state index contributed by atoms with van der Waals surface area (Å²) >= 11 is 6.22. The van der Waals surface area contributed by atoms with Crippen molar-refractivity contribution in [1.29, 1.82) is 0 Å². The third kappa shape index (κ3) is 5.07. The average molecular weight is 496 g/mol. The molecule has 2 aromatic rings. The lowest BCUT2D eigenvalue weighted by molar-refractivity contribution is -0.120. The molecule has 1 N–H and O–H groups in total. The molecule has 0 atom stereocenters. The standard InChI is InChI=1S/C26H26ClN3O5/c1-3-35-26(34)18-5-4-6-20(15-18)30-24(32)21(27)22(25(30)33)28-19-9-7-17(8-10-19)23(31)29-13-11-16(2)12-14-29/h4-10,15-16,28H,3,11-14H2,1-2H3. The Bertz CT molecular complexity index is 1200. The summed E-state index contributed by atoms with van der Waals surface area (Å²) in [6.07, 6.45) is 1.99. The molecule has 182 valence electrons. The number of piperidine rings is 1. The van der Waals surface area contributed by atoms with E-state index in [1.54, 1.807) is 37.3 Å². The Hall–Kier alpha value is -3.65. The van der Waals surface area contributed by atoms with Crippen molar-refractivity contribution in [3.8, 4) is 0 Å². The predicted octanol–water partition coefficient (Wildman–Crippen LogP) is 4.17. The fraction of sp³-hybridized carbons (Fsp3) is 0.308. The molecule has 2 aliphatic rings. The smallest absolute Gasteiger partial charge is 0.338 e. The summed E-state index contributed by atoms with van der Waals surface area (Å²) < 4.78 is 4.99. The van der Waals surface area contributed by atoms with Crippen molar-refractivity contribution in [2.75, 3.05) is 29.9 Å². The van der Waals surface area contributed by atoms with Crippen LogP contribution in [0.5, 0.6) is 0 Å². The van der Waals surface area contributed by atoms with Gasteiger partial charge in [-0.3, -0.25) is 14.4 Å². The van der Waals surface area contributed by atoms with Crippen molar-refractivity contribution in [2.45, 2.75) is 26.7 Å². The summed E-state index contributed by atoms with van der Waals surface area (Å²) in [5, 5.41) is 2.63. The number of halogens is 1. The number of hydrogen-bond donors (Lipinski definition) is 1. The van der Waals surface area contributed by atoms with Crippen LogP contribution in [-0.2, 0) is 14.3 Å². The first-order valence-electron chi connectivity index (χ1n) is 11.5. The number of esters is 1. The van der Waals surface area contributed by atoms with E-state index in [9.17, 15) is 19.2 Å². The quantitative estimate of drug-likeness (QED) is 0.477. The molecule has 0 saturated carbocycles. The molecule has 0 aromatic heterocycles. The molecule has 0 unspecified atom stereocenters. The van der Waals surface area contributed by atoms with Crippen LogP contribution < -0.4 is 10.2 Å². The zero-order chi connectivity index (χ0) is 25.1. The maximum absolute atomic E-state index is 13.1. The van der Waals surface area contributed by atoms with Crippen molar-refractivity contribution < 1.29 is 23.9 Å². The Morgan fingerprint density at radius 2 is 1.71 bits per heavy atom. The fourth-order valence-electron chi connectivity index (χ4n) is 4.07. The summed E-state index contributed by atoms with van der Waals surface area (Å²) in [5.74, 6) is -1.31. The highest BCUT2D eigenvalue weighted by Gasteiger charge is 2.39. The van der Waals surface area contributed by atoms with Gasteiger partial charge in [-0.1, -0.05) is 24.6 Å². The predicted molar refractivity (Wildman–Crippen MR) is 132 cm³/mol. The zero-order valence-corrected chi connectivity index (χ0v) is 20.3. The number of rotatable bonds is 6. The van der Waals surface area contributed by atoms with Gasteiger partial charge in [0.2, 0.25) is 0 Å². The van der Waals surface area contributed by atoms with E-state index in [1.165, 1.54) is 18.2 Å². The van der Waals surface area contributed by atoms with Crippen LogP contribution in [0.25, 0.3) is 0 Å². The van der Waals surface area contributed by atoms with E-state index in [0.717, 1.165) is 30.8 Å². The number of ether oxygens (including phenoxy) is 1. The van der Waals surface area contributed by atoms with Crippen molar-refractivity contribution in [3.05, 3.63) is 70.4 Å². The van der Waals surface area contributed by atoms with E-state index in [0.29, 0.717) is 17.2 Å². The van der Waals surface area contributed by atoms with Crippen LogP contribution in [0, 0.1) is 5.92 Å². The lowest BCUT2D eigenvalue weighted by atomic mass is 9.98. The summed E-state index contributed by atoms with van der Waals surface area (Å²) in [6, 6.07) is 12.7. The number of carbonyl (C=O) groups is 4. The Labute approximate surface area is 208 Å². The van der Waals surface area contributed by atoms with E-state index in [1.807, 2.05) is 4.90 Å². The van der Waals surface area contributed by atoms with Crippen LogP contribution in [0.1, 0.15) is 47.4 Å². The highest BCUT2D eigenvalue weighted by atomic mass is 35.5. The zero-order valence-electron chi connectivity index (χ0n) is 19.5. The molecule has 2 aliphatic heterocycles. The second kappa shape index (κ2) is 10.3. The van der Waals surface area contributed by atoms with Gasteiger partial charge in [0.05, 0.1) is 17.9 Å². The minimum atomic E-state index is -0.702. The SMILES string of the molecule is CCOC(=O)c1cccc(N2C(=O)C(Cl)=C(Nc3ccc(C(=O)N4CCC(C)CC4)cc3)C2=O)c1. The molecular weight excluding hydrogens is 470 g/mol. The number of benzene rings is 2. The molecule has 1 fully saturated rings. The molecule has 2 heterocycles. The Balaban J connectivity index is 1.48. The van der Waals surface area contributed by atoms with E-state index in [4.69, 9.17) is 16.3 Å². The second-order valence-electron chi connectivity index (χ2n) is 8.58. The van der Waals surface area contributed by atoms with Gasteiger partial charge in [-0.2, -0.15) is 0 Å². The van der Waals surface area contributed by atoms with Crippen LogP contribution in [0.3, 0.4) is 0 Å². The Kier molecular flexibility index (Phi) is 7.21. The molecule has 0 spiro atoms. The van der Waals surface area contributed by atoms with Gasteiger partial charge in [-0.05, 0) is 68.1 Å². The Morgan fingerprint density at radius 1 is 1.03 bits per heavy atom. The van der Waals surface area contributed by atoms with Gasteiger partial charge in [0.1, 0.15) is 10.7 Å². The number of imide groups is 1. The first-order valence-corrected chi connectivity index (χ1v) is 11.9. The highest BCUT2D eigenvalue weighted by molar-refractivity contribution is 6.53. The van der Waals surface area contributed by atoms with Crippen molar-refractivity contribution in [3.63, 3.8) is 0 Å². The lowest BCUT2D eigenvalue weighted by Crippen LogP contribution is -2.37. The van der Waals surface area contributed by atoms with Crippen LogP contribution in [0.15, 0.2) is 59.3 Å². The Morgan fingerprint density at radius 3 is 2.37 bits per heavy atom. The van der Waals surface area contributed by atoms with E-state index < -0.39 is 17.8 Å². The first kappa shape index (κ1) is 24.5. The van der Waals surface area contributed by atoms with Crippen molar-refractivity contribution in [2.24, 2.45) is 5.92 Å². The maximum Gasteiger partial charge on any atom is 0.338 e. The topological polar surface area (TPSA) is 96.0 Å². The molecule has 35 heavy (non-hydrogen) atoms. The molecule has 4 rings (SSSR count). The van der Waals surface area contributed by atoms with Crippen LogP contribution in [-0.4, -0.2) is 48.3 Å². The van der Waals surface area contributed by atoms with Crippen LogP contribution in [0.4, 0.5) is 11.4 Å². The van der Waals surface area contributed by atoms with Gasteiger partial charge >= 0.3 is 5.97 Å². The summed E-state index contributed by atoms with van der Waals surface area (Å²) in [4.78, 5) is 53.4. The summed E-state index contributed by atoms with van der Waals surface area (Å²) in [6.45, 7) is 5.56. The minimum Gasteiger partial charge on any atom is -0.462 e. The number of nitrogens with one attached hydrogen (secondary N) is 1. The van der Waals surface area contributed by atoms with Gasteiger partial charge in [0.15, 0.2) is 0 Å². The lowest BCUT2D eigenvalue weighted by Gasteiger charge is -2.30. The molecule has 0 aliphatic carbocycles. The number of nitrogens with zero attached hydrogens (tertiary/aromatic N) is 2. The molecule has 8 nitrogen and oxygen atoms in total. The molecule has 2 aromatic carbocycles. The minimum absolute atomic E-state index is 0.0273. The summed E-state index contributed by atoms with van der Waals surface area (Å²) in [5.41, 5.74) is 1.40. The van der Waals surface area contributed by atoms with Gasteiger partial charge < -0.3 is 15.0 Å². The molecule has 1 saturated heterocycles. The van der Waals surface area contributed by atoms with E-state index in [-0.39, 0.29) is 34.5 Å². The normalized spacial score (nSPS) is 16.7. The number of anilines is 2. The number of carbonyl (C=O) groups excluding carboxylic acids is 4. The largest absolute Gasteiger partial charge is 0.462 e. The number of likely N-dealkylation sites (tertiary alicyclic amines) is 1. The molecule has 9 heteroatoms.